The number of carbonyl (C=O) groups is 1. The average molecular weight is 272 g/mol. The van der Waals surface area contributed by atoms with E-state index in [4.69, 9.17) is 46.4 Å². The second-order valence-corrected chi connectivity index (χ2v) is 5.48. The summed E-state index contributed by atoms with van der Waals surface area (Å²) < 4.78 is -1.92. The molecule has 0 unspecified atom stereocenters. The maximum Gasteiger partial charge on any atom is 0.253 e. The molecule has 14 heavy (non-hydrogen) atoms. The molecule has 0 atom stereocenters. The van der Waals surface area contributed by atoms with Crippen molar-refractivity contribution in [3.8, 4) is 0 Å². The fourth-order valence-electron chi connectivity index (χ4n) is 0.950. The molecular formula is C9H6Cl4O. The van der Waals surface area contributed by atoms with Gasteiger partial charge in [0.1, 0.15) is 0 Å². The van der Waals surface area contributed by atoms with Gasteiger partial charge < -0.3 is 0 Å². The van der Waals surface area contributed by atoms with Crippen LogP contribution in [0.15, 0.2) is 18.2 Å². The third kappa shape index (κ3) is 2.77. The van der Waals surface area contributed by atoms with Crippen molar-refractivity contribution in [2.45, 2.75) is 10.7 Å². The van der Waals surface area contributed by atoms with Crippen LogP contribution in [0.2, 0.25) is 5.02 Å². The van der Waals surface area contributed by atoms with Crippen LogP contribution in [0.4, 0.5) is 0 Å². The molecule has 1 nitrogen and oxygen atoms in total. The summed E-state index contributed by atoms with van der Waals surface area (Å²) >= 11 is 22.2. The van der Waals surface area contributed by atoms with E-state index in [1.807, 2.05) is 0 Å². The number of benzene rings is 1. The Labute approximate surface area is 102 Å². The molecule has 0 saturated heterocycles. The zero-order chi connectivity index (χ0) is 10.9. The quantitative estimate of drug-likeness (QED) is 0.553. The van der Waals surface area contributed by atoms with Gasteiger partial charge in [-0.2, -0.15) is 0 Å². The zero-order valence-corrected chi connectivity index (χ0v) is 10.2. The number of alkyl halides is 3. The Morgan fingerprint density at radius 3 is 2.29 bits per heavy atom. The SMILES string of the molecule is Cc1cc(C(=O)C(Cl)(Cl)Cl)ccc1Cl. The molecule has 0 radical (unpaired) electrons. The highest BCUT2D eigenvalue weighted by Crippen LogP contribution is 2.31. The van der Waals surface area contributed by atoms with E-state index in [9.17, 15) is 4.79 Å². The summed E-state index contributed by atoms with van der Waals surface area (Å²) in [6.07, 6.45) is 0. The van der Waals surface area contributed by atoms with E-state index in [0.717, 1.165) is 5.56 Å². The summed E-state index contributed by atoms with van der Waals surface area (Å²) in [6.45, 7) is 1.78. The molecule has 0 spiro atoms. The van der Waals surface area contributed by atoms with Crippen molar-refractivity contribution in [1.82, 2.24) is 0 Å². The number of Topliss-reactive ketones (excluding diaryl/α,β-unsaturated/α-hetero) is 1. The van der Waals surface area contributed by atoms with E-state index >= 15 is 0 Å². The molecule has 0 N–H and O–H groups in total. The molecule has 0 saturated carbocycles. The Morgan fingerprint density at radius 1 is 1.29 bits per heavy atom. The van der Waals surface area contributed by atoms with Crippen molar-refractivity contribution in [2.24, 2.45) is 0 Å². The third-order valence-corrected chi connectivity index (χ3v) is 2.62. The minimum absolute atomic E-state index is 0.340. The predicted molar refractivity (Wildman–Crippen MR) is 60.8 cm³/mol. The van der Waals surface area contributed by atoms with E-state index in [1.165, 1.54) is 6.07 Å². The number of carbonyl (C=O) groups excluding carboxylic acids is 1. The Bertz CT molecular complexity index is 368. The summed E-state index contributed by atoms with van der Waals surface area (Å²) in [7, 11) is 0. The van der Waals surface area contributed by atoms with E-state index < -0.39 is 9.58 Å². The molecule has 5 heteroatoms. The van der Waals surface area contributed by atoms with Gasteiger partial charge in [0.2, 0.25) is 5.78 Å². The summed E-state index contributed by atoms with van der Waals surface area (Å²) in [5, 5.41) is 0.575. The summed E-state index contributed by atoms with van der Waals surface area (Å²) in [4.78, 5) is 11.5. The molecular weight excluding hydrogens is 266 g/mol. The predicted octanol–water partition coefficient (Wildman–Crippen LogP) is 4.20. The number of hydrogen-bond acceptors (Lipinski definition) is 1. The topological polar surface area (TPSA) is 17.1 Å². The fourth-order valence-corrected chi connectivity index (χ4v) is 1.39. The second-order valence-electron chi connectivity index (χ2n) is 2.79. The lowest BCUT2D eigenvalue weighted by Crippen LogP contribution is -2.18. The first-order chi connectivity index (χ1) is 6.32. The highest BCUT2D eigenvalue weighted by Gasteiger charge is 2.31. The Kier molecular flexibility index (Phi) is 3.70. The lowest BCUT2D eigenvalue weighted by Gasteiger charge is -2.10. The highest BCUT2D eigenvalue weighted by atomic mass is 35.6. The van der Waals surface area contributed by atoms with Crippen molar-refractivity contribution in [3.63, 3.8) is 0 Å². The first-order valence-electron chi connectivity index (χ1n) is 3.70. The van der Waals surface area contributed by atoms with Crippen molar-refractivity contribution < 1.29 is 4.79 Å². The van der Waals surface area contributed by atoms with E-state index in [1.54, 1.807) is 19.1 Å². The van der Waals surface area contributed by atoms with Crippen LogP contribution in [0.1, 0.15) is 15.9 Å². The molecule has 1 aromatic rings. The highest BCUT2D eigenvalue weighted by molar-refractivity contribution is 6.77. The van der Waals surface area contributed by atoms with Gasteiger partial charge in [0, 0.05) is 10.6 Å². The smallest absolute Gasteiger partial charge is 0.253 e. The lowest BCUT2D eigenvalue weighted by atomic mass is 10.1. The zero-order valence-electron chi connectivity index (χ0n) is 7.15. The first-order valence-corrected chi connectivity index (χ1v) is 5.21. The molecule has 0 aliphatic carbocycles. The van der Waals surface area contributed by atoms with Crippen LogP contribution in [0.3, 0.4) is 0 Å². The number of hydrogen-bond donors (Lipinski definition) is 0. The van der Waals surface area contributed by atoms with Crippen molar-refractivity contribution in [2.75, 3.05) is 0 Å². The van der Waals surface area contributed by atoms with Crippen molar-refractivity contribution in [3.05, 3.63) is 34.3 Å². The van der Waals surface area contributed by atoms with Gasteiger partial charge in [0.05, 0.1) is 0 Å². The largest absolute Gasteiger partial charge is 0.289 e. The molecule has 1 aromatic carbocycles. The normalized spacial score (nSPS) is 11.5. The Hall–Kier alpha value is 0.0500. The van der Waals surface area contributed by atoms with Gasteiger partial charge in [-0.1, -0.05) is 46.4 Å². The Morgan fingerprint density at radius 2 is 1.86 bits per heavy atom. The maximum absolute atomic E-state index is 11.5. The Balaban J connectivity index is 3.10. The number of ketones is 1. The van der Waals surface area contributed by atoms with Gasteiger partial charge >= 0.3 is 0 Å². The minimum atomic E-state index is -1.92. The standard InChI is InChI=1S/C9H6Cl4O/c1-5-4-6(2-3-7(5)10)8(14)9(11,12)13/h2-4H,1H3. The van der Waals surface area contributed by atoms with Crippen molar-refractivity contribution in [1.29, 1.82) is 0 Å². The van der Waals surface area contributed by atoms with Gasteiger partial charge in [-0.25, -0.2) is 0 Å². The number of halogens is 4. The van der Waals surface area contributed by atoms with Crippen LogP contribution in [-0.2, 0) is 0 Å². The molecule has 0 heterocycles. The van der Waals surface area contributed by atoms with Crippen LogP contribution >= 0.6 is 46.4 Å². The minimum Gasteiger partial charge on any atom is -0.289 e. The van der Waals surface area contributed by atoms with Crippen LogP contribution in [0.5, 0.6) is 0 Å². The molecule has 0 aliphatic heterocycles. The summed E-state index contributed by atoms with van der Waals surface area (Å²) in [6, 6.07) is 4.71. The van der Waals surface area contributed by atoms with Gasteiger partial charge in [-0.05, 0) is 30.7 Å². The van der Waals surface area contributed by atoms with E-state index in [-0.39, 0.29) is 0 Å². The molecule has 76 valence electrons. The van der Waals surface area contributed by atoms with Crippen LogP contribution in [0, 0.1) is 6.92 Å². The lowest BCUT2D eigenvalue weighted by molar-refractivity contribution is 0.0996. The van der Waals surface area contributed by atoms with E-state index in [0.29, 0.717) is 10.6 Å². The molecule has 0 aromatic heterocycles. The molecule has 1 rings (SSSR count). The van der Waals surface area contributed by atoms with Crippen LogP contribution < -0.4 is 0 Å². The monoisotopic (exact) mass is 270 g/mol. The first kappa shape index (κ1) is 12.1. The average Bonchev–Trinajstić information content (AvgIpc) is 2.07. The number of aryl methyl sites for hydroxylation is 1. The van der Waals surface area contributed by atoms with Crippen LogP contribution in [-0.4, -0.2) is 9.58 Å². The van der Waals surface area contributed by atoms with Gasteiger partial charge in [0.25, 0.3) is 3.79 Å². The van der Waals surface area contributed by atoms with Crippen LogP contribution in [0.25, 0.3) is 0 Å². The molecule has 0 fully saturated rings. The molecule has 0 aliphatic rings. The summed E-state index contributed by atoms with van der Waals surface area (Å²) in [5.41, 5.74) is 1.11. The second kappa shape index (κ2) is 4.28. The number of rotatable bonds is 1. The van der Waals surface area contributed by atoms with E-state index in [2.05, 4.69) is 0 Å². The van der Waals surface area contributed by atoms with Gasteiger partial charge in [-0.3, -0.25) is 4.79 Å². The van der Waals surface area contributed by atoms with Gasteiger partial charge in [0.15, 0.2) is 0 Å². The molecule has 0 bridgehead atoms. The molecule has 0 amide bonds. The summed E-state index contributed by atoms with van der Waals surface area (Å²) in [5.74, 6) is -0.553. The third-order valence-electron chi connectivity index (χ3n) is 1.68. The van der Waals surface area contributed by atoms with Crippen molar-refractivity contribution >= 4 is 52.2 Å². The maximum atomic E-state index is 11.5. The fraction of sp³-hybridized carbons (Fsp3) is 0.222. The van der Waals surface area contributed by atoms with Gasteiger partial charge in [-0.15, -0.1) is 0 Å².